The average molecular weight is 253 g/mol. The van der Waals surface area contributed by atoms with E-state index in [1.165, 1.54) is 6.08 Å². The molecule has 0 saturated heterocycles. The van der Waals surface area contributed by atoms with E-state index in [0.29, 0.717) is 0 Å². The molecule has 102 valence electrons. The molecule has 1 amide bonds. The Morgan fingerprint density at radius 2 is 1.78 bits per heavy atom. The molecule has 0 spiro atoms. The van der Waals surface area contributed by atoms with Crippen LogP contribution in [0.5, 0.6) is 0 Å². The first-order chi connectivity index (χ1) is 8.03. The van der Waals surface area contributed by atoms with Gasteiger partial charge in [0, 0.05) is 5.92 Å². The first kappa shape index (κ1) is 14.7. The third-order valence-corrected chi connectivity index (χ3v) is 3.82. The fourth-order valence-corrected chi connectivity index (χ4v) is 3.20. The predicted octanol–water partition coefficient (Wildman–Crippen LogP) is 2.41. The predicted molar refractivity (Wildman–Crippen MR) is 69.8 cm³/mol. The van der Waals surface area contributed by atoms with Crippen LogP contribution in [0.15, 0.2) is 11.8 Å². The lowest BCUT2D eigenvalue weighted by molar-refractivity contribution is -0.135. The lowest BCUT2D eigenvalue weighted by atomic mass is 9.85. The normalized spacial score (nSPS) is 26.7. The molecule has 0 aromatic rings. The Bertz CT molecular complexity index is 402. The molecule has 0 aromatic heterocycles. The molecule has 2 N–H and O–H groups in total. The molecule has 2 unspecified atom stereocenters. The summed E-state index contributed by atoms with van der Waals surface area (Å²) >= 11 is 0. The Morgan fingerprint density at radius 3 is 2.06 bits per heavy atom. The van der Waals surface area contributed by atoms with Crippen molar-refractivity contribution in [1.29, 1.82) is 0 Å². The molecule has 0 radical (unpaired) electrons. The van der Waals surface area contributed by atoms with E-state index in [4.69, 9.17) is 5.11 Å². The fourth-order valence-electron chi connectivity index (χ4n) is 3.20. The molecular formula is C14H23NO3. The number of allylic oxidation sites excluding steroid dienone is 1. The standard InChI is InChI=1S/C14H23NO3/c1-7-8(12(17)18)15-11(16)9-10(13(2,3)4)14(9,5)6/h7,9-10H,1-6H3,(H,15,16)(H,17,18). The molecule has 2 atom stereocenters. The van der Waals surface area contributed by atoms with Crippen molar-refractivity contribution >= 4 is 11.9 Å². The maximum absolute atomic E-state index is 12.1. The van der Waals surface area contributed by atoms with Gasteiger partial charge in [-0.05, 0) is 23.7 Å². The van der Waals surface area contributed by atoms with E-state index in [1.807, 2.05) is 0 Å². The van der Waals surface area contributed by atoms with Gasteiger partial charge in [0.2, 0.25) is 5.91 Å². The van der Waals surface area contributed by atoms with Crippen molar-refractivity contribution in [2.45, 2.75) is 41.5 Å². The van der Waals surface area contributed by atoms with Gasteiger partial charge in [0.25, 0.3) is 0 Å². The Labute approximate surface area is 108 Å². The Kier molecular flexibility index (Phi) is 3.61. The van der Waals surface area contributed by atoms with Crippen LogP contribution in [-0.4, -0.2) is 17.0 Å². The zero-order valence-corrected chi connectivity index (χ0v) is 12.0. The molecule has 0 bridgehead atoms. The van der Waals surface area contributed by atoms with Gasteiger partial charge >= 0.3 is 5.97 Å². The Morgan fingerprint density at radius 1 is 1.28 bits per heavy atom. The molecular weight excluding hydrogens is 230 g/mol. The number of rotatable bonds is 3. The Balaban J connectivity index is 2.80. The minimum absolute atomic E-state index is 0.0460. The van der Waals surface area contributed by atoms with Gasteiger partial charge in [-0.15, -0.1) is 0 Å². The minimum atomic E-state index is -1.10. The van der Waals surface area contributed by atoms with Gasteiger partial charge in [-0.3, -0.25) is 4.79 Å². The van der Waals surface area contributed by atoms with E-state index in [1.54, 1.807) is 6.92 Å². The highest BCUT2D eigenvalue weighted by atomic mass is 16.4. The van der Waals surface area contributed by atoms with Crippen molar-refractivity contribution in [3.63, 3.8) is 0 Å². The zero-order valence-electron chi connectivity index (χ0n) is 12.0. The SMILES string of the molecule is CC=C(NC(=O)C1C(C(C)(C)C)C1(C)C)C(=O)O. The van der Waals surface area contributed by atoms with Crippen LogP contribution in [0.4, 0.5) is 0 Å². The lowest BCUT2D eigenvalue weighted by Gasteiger charge is -2.20. The molecule has 4 nitrogen and oxygen atoms in total. The van der Waals surface area contributed by atoms with Gasteiger partial charge in [-0.25, -0.2) is 4.79 Å². The van der Waals surface area contributed by atoms with Crippen LogP contribution in [0, 0.1) is 22.7 Å². The van der Waals surface area contributed by atoms with Crippen LogP contribution < -0.4 is 5.32 Å². The van der Waals surface area contributed by atoms with Crippen LogP contribution in [0.25, 0.3) is 0 Å². The maximum atomic E-state index is 12.1. The summed E-state index contributed by atoms with van der Waals surface area (Å²) in [6.45, 7) is 12.1. The second-order valence-corrected chi connectivity index (χ2v) is 6.64. The number of carboxylic acid groups (broad SMARTS) is 1. The van der Waals surface area contributed by atoms with Gasteiger partial charge in [-0.1, -0.05) is 40.7 Å². The Hall–Kier alpha value is -1.32. The van der Waals surface area contributed by atoms with Gasteiger partial charge in [-0.2, -0.15) is 0 Å². The number of carboxylic acids is 1. The number of hydrogen-bond acceptors (Lipinski definition) is 2. The summed E-state index contributed by atoms with van der Waals surface area (Å²) in [4.78, 5) is 23.0. The summed E-state index contributed by atoms with van der Waals surface area (Å²) in [5.74, 6) is -1.13. The first-order valence-corrected chi connectivity index (χ1v) is 6.24. The second kappa shape index (κ2) is 4.41. The average Bonchev–Trinajstić information content (AvgIpc) is 2.77. The monoisotopic (exact) mass is 253 g/mol. The summed E-state index contributed by atoms with van der Waals surface area (Å²) in [7, 11) is 0. The van der Waals surface area contributed by atoms with Crippen LogP contribution >= 0.6 is 0 Å². The van der Waals surface area contributed by atoms with Crippen LogP contribution in [0.2, 0.25) is 0 Å². The highest BCUT2D eigenvalue weighted by Crippen LogP contribution is 2.65. The summed E-state index contributed by atoms with van der Waals surface area (Å²) < 4.78 is 0. The van der Waals surface area contributed by atoms with E-state index < -0.39 is 5.97 Å². The summed E-state index contributed by atoms with van der Waals surface area (Å²) in [5.41, 5.74) is -0.0693. The van der Waals surface area contributed by atoms with E-state index in [2.05, 4.69) is 39.9 Å². The van der Waals surface area contributed by atoms with Gasteiger partial charge in [0.15, 0.2) is 0 Å². The van der Waals surface area contributed by atoms with E-state index in [9.17, 15) is 9.59 Å². The highest BCUT2D eigenvalue weighted by molar-refractivity contribution is 5.94. The molecule has 1 aliphatic rings. The highest BCUT2D eigenvalue weighted by Gasteiger charge is 2.65. The second-order valence-electron chi connectivity index (χ2n) is 6.64. The maximum Gasteiger partial charge on any atom is 0.352 e. The zero-order chi connectivity index (χ0) is 14.3. The quantitative estimate of drug-likeness (QED) is 0.759. The largest absolute Gasteiger partial charge is 0.477 e. The molecule has 0 aromatic carbocycles. The van der Waals surface area contributed by atoms with Crippen molar-refractivity contribution in [3.05, 3.63) is 11.8 Å². The van der Waals surface area contributed by atoms with Crippen molar-refractivity contribution in [2.24, 2.45) is 22.7 Å². The molecule has 1 saturated carbocycles. The topological polar surface area (TPSA) is 66.4 Å². The molecule has 0 heterocycles. The van der Waals surface area contributed by atoms with Crippen molar-refractivity contribution in [1.82, 2.24) is 5.32 Å². The third kappa shape index (κ3) is 2.57. The fraction of sp³-hybridized carbons (Fsp3) is 0.714. The first-order valence-electron chi connectivity index (χ1n) is 6.24. The number of amides is 1. The number of carbonyl (C=O) groups excluding carboxylic acids is 1. The lowest BCUT2D eigenvalue weighted by Crippen LogP contribution is -2.30. The summed E-state index contributed by atoms with van der Waals surface area (Å²) in [6, 6.07) is 0. The molecule has 0 aliphatic heterocycles. The van der Waals surface area contributed by atoms with Crippen LogP contribution in [-0.2, 0) is 9.59 Å². The van der Waals surface area contributed by atoms with E-state index >= 15 is 0 Å². The van der Waals surface area contributed by atoms with Gasteiger partial charge < -0.3 is 10.4 Å². The van der Waals surface area contributed by atoms with Gasteiger partial charge in [0.05, 0.1) is 0 Å². The number of aliphatic carboxylic acids is 1. The third-order valence-electron chi connectivity index (χ3n) is 3.82. The van der Waals surface area contributed by atoms with Crippen molar-refractivity contribution < 1.29 is 14.7 Å². The summed E-state index contributed by atoms with van der Waals surface area (Å²) in [6.07, 6.45) is 1.40. The number of hydrogen-bond donors (Lipinski definition) is 2. The van der Waals surface area contributed by atoms with E-state index in [-0.39, 0.29) is 34.3 Å². The smallest absolute Gasteiger partial charge is 0.352 e. The van der Waals surface area contributed by atoms with Gasteiger partial charge in [0.1, 0.15) is 5.70 Å². The molecule has 1 aliphatic carbocycles. The van der Waals surface area contributed by atoms with E-state index in [0.717, 1.165) is 0 Å². The number of carbonyl (C=O) groups is 2. The van der Waals surface area contributed by atoms with Crippen molar-refractivity contribution in [3.8, 4) is 0 Å². The minimum Gasteiger partial charge on any atom is -0.477 e. The molecule has 18 heavy (non-hydrogen) atoms. The van der Waals surface area contributed by atoms with Crippen LogP contribution in [0.1, 0.15) is 41.5 Å². The summed E-state index contributed by atoms with van der Waals surface area (Å²) in [5, 5.41) is 11.4. The molecule has 1 rings (SSSR count). The number of nitrogens with one attached hydrogen (secondary N) is 1. The molecule has 1 fully saturated rings. The van der Waals surface area contributed by atoms with Crippen molar-refractivity contribution in [2.75, 3.05) is 0 Å². The van der Waals surface area contributed by atoms with Crippen LogP contribution in [0.3, 0.4) is 0 Å². The molecule has 4 heteroatoms.